The molecule has 2 saturated heterocycles. The molecule has 2 fully saturated rings. The van der Waals surface area contributed by atoms with Gasteiger partial charge in [0.2, 0.25) is 11.8 Å². The molecule has 0 unspecified atom stereocenters. The normalized spacial score (nSPS) is 26.1. The van der Waals surface area contributed by atoms with Gasteiger partial charge in [-0.1, -0.05) is 6.07 Å². The Bertz CT molecular complexity index is 726. The smallest absolute Gasteiger partial charge is 0.319 e. The van der Waals surface area contributed by atoms with Crippen LogP contribution in [0.2, 0.25) is 0 Å². The highest BCUT2D eigenvalue weighted by atomic mass is 32.2. The molecule has 4 atom stereocenters. The van der Waals surface area contributed by atoms with Gasteiger partial charge in [-0.2, -0.15) is 0 Å². The van der Waals surface area contributed by atoms with E-state index in [4.69, 9.17) is 0 Å². The number of carbonyl (C=O) groups is 3. The Hall–Kier alpha value is -2.26. The molecular formula is C17H22N4O4S. The third-order valence-corrected chi connectivity index (χ3v) is 5.32. The van der Waals surface area contributed by atoms with Crippen molar-refractivity contribution < 1.29 is 19.5 Å². The Kier molecular flexibility index (Phi) is 5.38. The number of urea groups is 1. The number of anilines is 1. The quantitative estimate of drug-likeness (QED) is 0.566. The summed E-state index contributed by atoms with van der Waals surface area (Å²) >= 11 is 1.58. The van der Waals surface area contributed by atoms with Gasteiger partial charge in [-0.3, -0.25) is 9.59 Å². The van der Waals surface area contributed by atoms with Crippen LogP contribution in [0.15, 0.2) is 29.2 Å². The second-order valence-electron chi connectivity index (χ2n) is 6.50. The number of hydrogen-bond donors (Lipinski definition) is 4. The fraction of sp³-hybridized carbons (Fsp3) is 0.471. The van der Waals surface area contributed by atoms with Gasteiger partial charge in [0, 0.05) is 17.1 Å². The maximum atomic E-state index is 12.4. The average molecular weight is 378 g/mol. The van der Waals surface area contributed by atoms with E-state index in [0.29, 0.717) is 12.1 Å². The van der Waals surface area contributed by atoms with Crippen molar-refractivity contribution in [3.05, 3.63) is 24.3 Å². The molecule has 140 valence electrons. The number of nitrogens with one attached hydrogen (secondary N) is 3. The van der Waals surface area contributed by atoms with Gasteiger partial charge in [0.25, 0.3) is 0 Å². The van der Waals surface area contributed by atoms with E-state index in [0.717, 1.165) is 4.90 Å². The van der Waals surface area contributed by atoms with Gasteiger partial charge in [0.1, 0.15) is 12.1 Å². The van der Waals surface area contributed by atoms with Crippen LogP contribution in [-0.4, -0.2) is 64.9 Å². The average Bonchev–Trinajstić information content (AvgIpc) is 3.02. The number of carbonyl (C=O) groups excluding carboxylic acids is 3. The first-order valence-electron chi connectivity index (χ1n) is 8.39. The topological polar surface area (TPSA) is 111 Å². The van der Waals surface area contributed by atoms with Crippen molar-refractivity contribution in [3.8, 4) is 0 Å². The van der Waals surface area contributed by atoms with Crippen LogP contribution < -0.4 is 16.0 Å². The Balaban J connectivity index is 1.61. The Morgan fingerprint density at radius 2 is 2.19 bits per heavy atom. The first-order chi connectivity index (χ1) is 12.4. The van der Waals surface area contributed by atoms with E-state index < -0.39 is 18.2 Å². The molecule has 4 N–H and O–H groups in total. The minimum atomic E-state index is -0.966. The lowest BCUT2D eigenvalue weighted by Gasteiger charge is -2.35. The molecule has 0 saturated carbocycles. The van der Waals surface area contributed by atoms with Crippen molar-refractivity contribution in [2.75, 3.05) is 18.1 Å². The fourth-order valence-electron chi connectivity index (χ4n) is 3.30. The molecule has 0 aromatic heterocycles. The number of aliphatic hydroxyl groups is 1. The van der Waals surface area contributed by atoms with E-state index in [1.807, 2.05) is 24.5 Å². The van der Waals surface area contributed by atoms with Crippen LogP contribution in [-0.2, 0) is 9.59 Å². The highest BCUT2D eigenvalue weighted by Gasteiger charge is 2.47. The summed E-state index contributed by atoms with van der Waals surface area (Å²) in [5.41, 5.74) is 0.674. The highest BCUT2D eigenvalue weighted by Crippen LogP contribution is 2.24. The van der Waals surface area contributed by atoms with E-state index in [1.54, 1.807) is 17.8 Å². The molecule has 1 aromatic rings. The van der Waals surface area contributed by atoms with Crippen molar-refractivity contribution in [1.82, 2.24) is 15.5 Å². The van der Waals surface area contributed by atoms with Crippen LogP contribution in [0.4, 0.5) is 10.5 Å². The maximum Gasteiger partial charge on any atom is 0.319 e. The predicted octanol–water partition coefficient (Wildman–Crippen LogP) is 0.379. The van der Waals surface area contributed by atoms with E-state index >= 15 is 0 Å². The van der Waals surface area contributed by atoms with Gasteiger partial charge in [0.05, 0.1) is 12.1 Å². The van der Waals surface area contributed by atoms with Crippen LogP contribution >= 0.6 is 11.8 Å². The summed E-state index contributed by atoms with van der Waals surface area (Å²) in [6.07, 6.45) is 1.34. The van der Waals surface area contributed by atoms with Gasteiger partial charge >= 0.3 is 6.03 Å². The van der Waals surface area contributed by atoms with Gasteiger partial charge < -0.3 is 26.0 Å². The van der Waals surface area contributed by atoms with Crippen LogP contribution in [0.25, 0.3) is 0 Å². The van der Waals surface area contributed by atoms with Crippen LogP contribution in [0.1, 0.15) is 13.3 Å². The van der Waals surface area contributed by atoms with Crippen molar-refractivity contribution in [2.24, 2.45) is 0 Å². The molecule has 2 aliphatic rings. The number of amides is 4. The molecule has 26 heavy (non-hydrogen) atoms. The molecule has 0 radical (unpaired) electrons. The number of hydrogen-bond acceptors (Lipinski definition) is 5. The fourth-order valence-corrected chi connectivity index (χ4v) is 3.76. The lowest BCUT2D eigenvalue weighted by molar-refractivity contribution is -0.149. The largest absolute Gasteiger partial charge is 0.391 e. The zero-order valence-electron chi connectivity index (χ0n) is 14.6. The van der Waals surface area contributed by atoms with Crippen molar-refractivity contribution in [3.63, 3.8) is 0 Å². The highest BCUT2D eigenvalue weighted by molar-refractivity contribution is 7.98. The Morgan fingerprint density at radius 1 is 1.42 bits per heavy atom. The van der Waals surface area contributed by atoms with E-state index in [9.17, 15) is 19.5 Å². The summed E-state index contributed by atoms with van der Waals surface area (Å²) < 4.78 is 0. The minimum absolute atomic E-state index is 0.248. The Morgan fingerprint density at radius 3 is 2.88 bits per heavy atom. The lowest BCUT2D eigenvalue weighted by atomic mass is 10.0. The van der Waals surface area contributed by atoms with Gasteiger partial charge in [0.15, 0.2) is 0 Å². The summed E-state index contributed by atoms with van der Waals surface area (Å²) in [4.78, 5) is 39.3. The standard InChI is InChI=1S/C17H22N4O4S/c1-9(22)14-16(24)21-8-11(7-13(21)15(23)20-14)19-17(25)18-10-4-3-5-12(6-10)26-2/h3-6,9,11,13-14,22H,7-8H2,1-2H3,(H,20,23)(H2,18,19,25)/t9-,11-,13-,14+/m0/s1. The van der Waals surface area contributed by atoms with Gasteiger partial charge in [-0.25, -0.2) is 4.79 Å². The van der Waals surface area contributed by atoms with Gasteiger partial charge in [-0.15, -0.1) is 11.8 Å². The van der Waals surface area contributed by atoms with Crippen molar-refractivity contribution in [2.45, 2.75) is 42.5 Å². The van der Waals surface area contributed by atoms with Crippen LogP contribution in [0.3, 0.4) is 0 Å². The molecule has 4 amide bonds. The summed E-state index contributed by atoms with van der Waals surface area (Å²) in [5.74, 6) is -0.616. The molecule has 8 nitrogen and oxygen atoms in total. The summed E-state index contributed by atoms with van der Waals surface area (Å²) in [7, 11) is 0. The van der Waals surface area contributed by atoms with Crippen molar-refractivity contribution >= 4 is 35.3 Å². The van der Waals surface area contributed by atoms with E-state index in [1.165, 1.54) is 11.8 Å². The molecule has 2 aliphatic heterocycles. The molecule has 0 bridgehead atoms. The molecule has 1 aromatic carbocycles. The molecular weight excluding hydrogens is 356 g/mol. The zero-order valence-corrected chi connectivity index (χ0v) is 15.4. The zero-order chi connectivity index (χ0) is 18.8. The molecule has 3 rings (SSSR count). The van der Waals surface area contributed by atoms with E-state index in [2.05, 4.69) is 16.0 Å². The number of fused-ring (bicyclic) bond motifs is 1. The van der Waals surface area contributed by atoms with Crippen molar-refractivity contribution in [1.29, 1.82) is 0 Å². The summed E-state index contributed by atoms with van der Waals surface area (Å²) in [6, 6.07) is 5.22. The minimum Gasteiger partial charge on any atom is -0.391 e. The molecule has 0 spiro atoms. The third kappa shape index (κ3) is 3.78. The summed E-state index contributed by atoms with van der Waals surface area (Å²) in [6.45, 7) is 1.71. The SMILES string of the molecule is CSc1cccc(NC(=O)N[C@H]2C[C@H]3C(=O)N[C@H]([C@H](C)O)C(=O)N3C2)c1. The summed E-state index contributed by atoms with van der Waals surface area (Å²) in [5, 5.41) is 17.8. The lowest BCUT2D eigenvalue weighted by Crippen LogP contribution is -2.64. The number of aliphatic hydroxyl groups excluding tert-OH is 1. The maximum absolute atomic E-state index is 12.4. The first kappa shape index (κ1) is 18.5. The Labute approximate surface area is 155 Å². The van der Waals surface area contributed by atoms with Crippen LogP contribution in [0.5, 0.6) is 0 Å². The number of nitrogens with zero attached hydrogens (tertiary/aromatic N) is 1. The molecule has 9 heteroatoms. The monoisotopic (exact) mass is 378 g/mol. The number of piperazine rings is 1. The second kappa shape index (κ2) is 7.55. The predicted molar refractivity (Wildman–Crippen MR) is 97.9 cm³/mol. The van der Waals surface area contributed by atoms with Crippen LogP contribution in [0, 0.1) is 0 Å². The number of thioether (sulfide) groups is 1. The first-order valence-corrected chi connectivity index (χ1v) is 9.62. The third-order valence-electron chi connectivity index (χ3n) is 4.60. The molecule has 0 aliphatic carbocycles. The number of benzene rings is 1. The second-order valence-corrected chi connectivity index (χ2v) is 7.38. The van der Waals surface area contributed by atoms with Gasteiger partial charge in [-0.05, 0) is 37.8 Å². The number of rotatable bonds is 4. The van der Waals surface area contributed by atoms with E-state index in [-0.39, 0.29) is 30.4 Å². The molecule has 2 heterocycles.